The molecule has 1 aromatic heterocycles. The minimum Gasteiger partial charge on any atom is -0.369 e. The molecule has 2 N–H and O–H groups in total. The minimum atomic E-state index is -0.165. The molecule has 0 bridgehead atoms. The van der Waals surface area contributed by atoms with Gasteiger partial charge >= 0.3 is 6.03 Å². The Morgan fingerprint density at radius 2 is 2.22 bits per heavy atom. The Morgan fingerprint density at radius 3 is 2.96 bits per heavy atom. The number of nitrogens with one attached hydrogen (secondary N) is 2. The first-order valence-corrected chi connectivity index (χ1v) is 8.88. The molecule has 1 atom stereocenters. The Balaban J connectivity index is 1.54. The van der Waals surface area contributed by atoms with Crippen LogP contribution in [0.3, 0.4) is 0 Å². The van der Waals surface area contributed by atoms with Crippen molar-refractivity contribution in [3.05, 3.63) is 41.4 Å². The van der Waals surface area contributed by atoms with Crippen LogP contribution in [0.25, 0.3) is 0 Å². The number of aromatic nitrogens is 1. The lowest BCUT2D eigenvalue weighted by atomic mass is 10.1. The maximum atomic E-state index is 12.1. The molecule has 1 aliphatic rings. The Bertz CT molecular complexity index is 643. The zero-order valence-corrected chi connectivity index (χ0v) is 14.1. The second-order valence-electron chi connectivity index (χ2n) is 5.70. The highest BCUT2D eigenvalue weighted by atomic mass is 32.1. The highest BCUT2D eigenvalue weighted by Gasteiger charge is 2.21. The fourth-order valence-corrected chi connectivity index (χ4v) is 3.56. The number of nitrogens with zero attached hydrogens (tertiary/aromatic N) is 2. The second kappa shape index (κ2) is 7.46. The van der Waals surface area contributed by atoms with Crippen LogP contribution < -0.4 is 15.5 Å². The predicted molar refractivity (Wildman–Crippen MR) is 95.3 cm³/mol. The van der Waals surface area contributed by atoms with Gasteiger partial charge < -0.3 is 10.2 Å². The summed E-state index contributed by atoms with van der Waals surface area (Å²) in [5.74, 6) is 0. The van der Waals surface area contributed by atoms with E-state index in [9.17, 15) is 4.79 Å². The van der Waals surface area contributed by atoms with Crippen molar-refractivity contribution in [3.63, 3.8) is 0 Å². The summed E-state index contributed by atoms with van der Waals surface area (Å²) in [6, 6.07) is 10.3. The minimum absolute atomic E-state index is 0.162. The normalized spacial score (nSPS) is 17.8. The first kappa shape index (κ1) is 15.8. The van der Waals surface area contributed by atoms with Gasteiger partial charge in [-0.2, -0.15) is 0 Å². The van der Waals surface area contributed by atoms with Crippen LogP contribution in [0.15, 0.2) is 36.5 Å². The average Bonchev–Trinajstić information content (AvgIpc) is 3.03. The van der Waals surface area contributed by atoms with Gasteiger partial charge in [0, 0.05) is 35.9 Å². The first-order valence-electron chi connectivity index (χ1n) is 8.07. The third-order valence-corrected chi connectivity index (χ3v) is 5.06. The summed E-state index contributed by atoms with van der Waals surface area (Å²) < 4.78 is 0. The molecular weight excluding hydrogens is 308 g/mol. The summed E-state index contributed by atoms with van der Waals surface area (Å²) in [5.41, 5.74) is 1.21. The van der Waals surface area contributed by atoms with Crippen LogP contribution in [0.1, 0.15) is 24.6 Å². The highest BCUT2D eigenvalue weighted by Crippen LogP contribution is 2.20. The molecule has 0 radical (unpaired) electrons. The van der Waals surface area contributed by atoms with Crippen LogP contribution in [0.4, 0.5) is 15.6 Å². The third-order valence-electron chi connectivity index (χ3n) is 4.00. The number of thiazole rings is 1. The molecule has 2 amide bonds. The maximum absolute atomic E-state index is 12.1. The molecule has 1 saturated heterocycles. The number of urea groups is 1. The summed E-state index contributed by atoms with van der Waals surface area (Å²) in [6.07, 6.45) is 4.85. The number of aryl methyl sites for hydroxylation is 1. The van der Waals surface area contributed by atoms with Crippen LogP contribution in [0.2, 0.25) is 0 Å². The van der Waals surface area contributed by atoms with E-state index in [0.29, 0.717) is 5.13 Å². The topological polar surface area (TPSA) is 57.3 Å². The van der Waals surface area contributed by atoms with Crippen molar-refractivity contribution < 1.29 is 4.79 Å². The summed E-state index contributed by atoms with van der Waals surface area (Å²) in [4.78, 5) is 19.9. The number of carbonyl (C=O) groups excluding carboxylic acids is 1. The number of hydrogen-bond donors (Lipinski definition) is 2. The molecule has 1 aliphatic heterocycles. The van der Waals surface area contributed by atoms with Crippen LogP contribution >= 0.6 is 11.3 Å². The fourth-order valence-electron chi connectivity index (χ4n) is 2.82. The Kier molecular flexibility index (Phi) is 5.12. The SMILES string of the molecule is CCc1cnc(NC(=O)NC2CCCN(c3ccccc3)C2)s1. The molecule has 0 saturated carbocycles. The van der Waals surface area contributed by atoms with E-state index >= 15 is 0 Å². The largest absolute Gasteiger partial charge is 0.369 e. The molecule has 1 aromatic carbocycles. The van der Waals surface area contributed by atoms with Crippen molar-refractivity contribution >= 4 is 28.2 Å². The number of anilines is 2. The molecule has 5 nitrogen and oxygen atoms in total. The number of para-hydroxylation sites is 1. The molecule has 2 heterocycles. The smallest absolute Gasteiger partial charge is 0.321 e. The molecule has 23 heavy (non-hydrogen) atoms. The first-order chi connectivity index (χ1) is 11.2. The van der Waals surface area contributed by atoms with Gasteiger partial charge in [-0.05, 0) is 31.4 Å². The second-order valence-corrected chi connectivity index (χ2v) is 6.82. The summed E-state index contributed by atoms with van der Waals surface area (Å²) in [7, 11) is 0. The van der Waals surface area contributed by atoms with Gasteiger partial charge in [0.15, 0.2) is 5.13 Å². The Labute approximate surface area is 140 Å². The number of piperidine rings is 1. The summed E-state index contributed by atoms with van der Waals surface area (Å²) >= 11 is 1.53. The van der Waals surface area contributed by atoms with Gasteiger partial charge in [-0.1, -0.05) is 25.1 Å². The van der Waals surface area contributed by atoms with Crippen molar-refractivity contribution in [1.82, 2.24) is 10.3 Å². The van der Waals surface area contributed by atoms with Crippen molar-refractivity contribution in [1.29, 1.82) is 0 Å². The van der Waals surface area contributed by atoms with E-state index in [1.54, 1.807) is 0 Å². The van der Waals surface area contributed by atoms with E-state index < -0.39 is 0 Å². The quantitative estimate of drug-likeness (QED) is 0.902. The van der Waals surface area contributed by atoms with E-state index in [1.165, 1.54) is 21.9 Å². The van der Waals surface area contributed by atoms with E-state index in [-0.39, 0.29) is 12.1 Å². The van der Waals surface area contributed by atoms with Crippen LogP contribution in [0, 0.1) is 0 Å². The van der Waals surface area contributed by atoms with Gasteiger partial charge in [0.1, 0.15) is 0 Å². The average molecular weight is 330 g/mol. The Morgan fingerprint density at radius 1 is 1.39 bits per heavy atom. The lowest BCUT2D eigenvalue weighted by Gasteiger charge is -2.34. The molecule has 0 spiro atoms. The van der Waals surface area contributed by atoms with Crippen molar-refractivity contribution in [2.45, 2.75) is 32.2 Å². The van der Waals surface area contributed by atoms with E-state index in [2.05, 4.69) is 39.6 Å². The standard InChI is InChI=1S/C17H22N4OS/c1-2-15-11-18-17(23-15)20-16(22)19-13-7-6-10-21(12-13)14-8-4-3-5-9-14/h3-5,8-9,11,13H,2,6-7,10,12H2,1H3,(H2,18,19,20,22). The highest BCUT2D eigenvalue weighted by molar-refractivity contribution is 7.15. The van der Waals surface area contributed by atoms with Gasteiger partial charge in [-0.15, -0.1) is 11.3 Å². The van der Waals surface area contributed by atoms with Crippen molar-refractivity contribution in [2.75, 3.05) is 23.3 Å². The Hall–Kier alpha value is -2.08. The zero-order chi connectivity index (χ0) is 16.1. The van der Waals surface area contributed by atoms with Gasteiger partial charge in [0.05, 0.1) is 0 Å². The molecule has 1 fully saturated rings. The third kappa shape index (κ3) is 4.22. The maximum Gasteiger partial charge on any atom is 0.321 e. The number of carbonyl (C=O) groups is 1. The summed E-state index contributed by atoms with van der Waals surface area (Å²) in [6.45, 7) is 3.96. The van der Waals surface area contributed by atoms with Gasteiger partial charge in [0.25, 0.3) is 0 Å². The van der Waals surface area contributed by atoms with E-state index in [0.717, 1.165) is 32.4 Å². The number of hydrogen-bond acceptors (Lipinski definition) is 4. The molecule has 2 aromatic rings. The lowest BCUT2D eigenvalue weighted by Crippen LogP contribution is -2.49. The van der Waals surface area contributed by atoms with Gasteiger partial charge in [-0.3, -0.25) is 5.32 Å². The molecule has 122 valence electrons. The van der Waals surface area contributed by atoms with Gasteiger partial charge in [-0.25, -0.2) is 9.78 Å². The van der Waals surface area contributed by atoms with Crippen molar-refractivity contribution in [2.24, 2.45) is 0 Å². The van der Waals surface area contributed by atoms with Crippen LogP contribution in [-0.4, -0.2) is 30.1 Å². The van der Waals surface area contributed by atoms with E-state index in [1.807, 2.05) is 24.4 Å². The summed E-state index contributed by atoms with van der Waals surface area (Å²) in [5, 5.41) is 6.57. The fraction of sp³-hybridized carbons (Fsp3) is 0.412. The number of rotatable bonds is 4. The molecule has 6 heteroatoms. The predicted octanol–water partition coefficient (Wildman–Crippen LogP) is 3.50. The molecule has 1 unspecified atom stereocenters. The number of benzene rings is 1. The number of amides is 2. The zero-order valence-electron chi connectivity index (χ0n) is 13.3. The van der Waals surface area contributed by atoms with E-state index in [4.69, 9.17) is 0 Å². The monoisotopic (exact) mass is 330 g/mol. The van der Waals surface area contributed by atoms with Crippen molar-refractivity contribution in [3.8, 4) is 0 Å². The van der Waals surface area contributed by atoms with Crippen LogP contribution in [-0.2, 0) is 6.42 Å². The van der Waals surface area contributed by atoms with Gasteiger partial charge in [0.2, 0.25) is 0 Å². The van der Waals surface area contributed by atoms with Crippen LogP contribution in [0.5, 0.6) is 0 Å². The lowest BCUT2D eigenvalue weighted by molar-refractivity contribution is 0.246. The molecule has 3 rings (SSSR count). The molecular formula is C17H22N4OS. The molecule has 0 aliphatic carbocycles.